The maximum atomic E-state index is 12.3. The lowest BCUT2D eigenvalue weighted by Crippen LogP contribution is -2.38. The minimum Gasteiger partial charge on any atom is -0.480 e. The molecule has 2 aromatic carbocycles. The van der Waals surface area contributed by atoms with Gasteiger partial charge in [0.2, 0.25) is 5.89 Å². The van der Waals surface area contributed by atoms with Crippen molar-refractivity contribution in [3.63, 3.8) is 0 Å². The smallest absolute Gasteiger partial charge is 0.261 e. The molecule has 0 aliphatic carbocycles. The molecule has 1 aromatic heterocycles. The minimum absolute atomic E-state index is 0.0945. The highest BCUT2D eigenvalue weighted by Gasteiger charge is 2.28. The van der Waals surface area contributed by atoms with Crippen molar-refractivity contribution in [1.82, 2.24) is 10.3 Å². The molecule has 2 heterocycles. The van der Waals surface area contributed by atoms with Crippen LogP contribution in [-0.2, 0) is 17.6 Å². The Morgan fingerprint density at radius 3 is 2.76 bits per heavy atom. The standard InChI is InChI=1S/C20H18N2O3/c23-19(18-12-15-8-4-5-9-17(15)25-18)21-11-10-16-13-24-20(22-16)14-6-2-1-3-7-14/h1-9,13,18H,10-12H2,(H,21,23)/t18-/m0/s1. The molecule has 0 radical (unpaired) electrons. The molecule has 1 aliphatic rings. The molecule has 1 atom stereocenters. The van der Waals surface area contributed by atoms with Crippen LogP contribution < -0.4 is 10.1 Å². The van der Waals surface area contributed by atoms with E-state index in [2.05, 4.69) is 10.3 Å². The number of carbonyl (C=O) groups is 1. The lowest BCUT2D eigenvalue weighted by Gasteiger charge is -2.10. The van der Waals surface area contributed by atoms with Gasteiger partial charge in [-0.1, -0.05) is 36.4 Å². The molecule has 126 valence electrons. The third-order valence-corrected chi connectivity index (χ3v) is 4.19. The van der Waals surface area contributed by atoms with E-state index in [9.17, 15) is 4.79 Å². The minimum atomic E-state index is -0.449. The van der Waals surface area contributed by atoms with E-state index in [1.165, 1.54) is 0 Å². The van der Waals surface area contributed by atoms with Gasteiger partial charge in [0, 0.05) is 24.9 Å². The number of ether oxygens (including phenoxy) is 1. The molecule has 0 spiro atoms. The Morgan fingerprint density at radius 1 is 1.12 bits per heavy atom. The highest BCUT2D eigenvalue weighted by Crippen LogP contribution is 2.28. The number of benzene rings is 2. The summed E-state index contributed by atoms with van der Waals surface area (Å²) in [5.41, 5.74) is 2.83. The van der Waals surface area contributed by atoms with Gasteiger partial charge in [0.15, 0.2) is 6.10 Å². The predicted molar refractivity (Wildman–Crippen MR) is 93.2 cm³/mol. The summed E-state index contributed by atoms with van der Waals surface area (Å²) >= 11 is 0. The summed E-state index contributed by atoms with van der Waals surface area (Å²) in [5.74, 6) is 1.30. The van der Waals surface area contributed by atoms with Gasteiger partial charge in [-0.3, -0.25) is 4.79 Å². The largest absolute Gasteiger partial charge is 0.480 e. The van der Waals surface area contributed by atoms with Crippen LogP contribution in [0.2, 0.25) is 0 Å². The maximum absolute atomic E-state index is 12.3. The van der Waals surface area contributed by atoms with Gasteiger partial charge in [-0.25, -0.2) is 4.98 Å². The topological polar surface area (TPSA) is 64.4 Å². The average molecular weight is 334 g/mol. The Hall–Kier alpha value is -3.08. The van der Waals surface area contributed by atoms with Gasteiger partial charge in [-0.2, -0.15) is 0 Å². The van der Waals surface area contributed by atoms with E-state index in [1.807, 2.05) is 54.6 Å². The Morgan fingerprint density at radius 2 is 1.92 bits per heavy atom. The molecule has 0 unspecified atom stereocenters. The maximum Gasteiger partial charge on any atom is 0.261 e. The number of para-hydroxylation sites is 1. The first-order valence-electron chi connectivity index (χ1n) is 8.32. The molecule has 1 N–H and O–H groups in total. The Kier molecular flexibility index (Phi) is 4.21. The molecule has 1 amide bonds. The van der Waals surface area contributed by atoms with Gasteiger partial charge < -0.3 is 14.5 Å². The number of carbonyl (C=O) groups excluding carboxylic acids is 1. The Bertz CT molecular complexity index is 848. The third kappa shape index (κ3) is 3.40. The summed E-state index contributed by atoms with van der Waals surface area (Å²) < 4.78 is 11.2. The number of amides is 1. The summed E-state index contributed by atoms with van der Waals surface area (Å²) in [6.45, 7) is 0.496. The number of fused-ring (bicyclic) bond motifs is 1. The summed E-state index contributed by atoms with van der Waals surface area (Å²) in [6, 6.07) is 17.5. The Labute approximate surface area is 145 Å². The third-order valence-electron chi connectivity index (χ3n) is 4.19. The number of nitrogens with one attached hydrogen (secondary N) is 1. The lowest BCUT2D eigenvalue weighted by atomic mass is 10.1. The molecule has 3 aromatic rings. The van der Waals surface area contributed by atoms with Gasteiger partial charge in [0.25, 0.3) is 5.91 Å². The van der Waals surface area contributed by atoms with Crippen molar-refractivity contribution in [3.8, 4) is 17.2 Å². The van der Waals surface area contributed by atoms with Crippen LogP contribution in [0, 0.1) is 0 Å². The van der Waals surface area contributed by atoms with E-state index in [0.29, 0.717) is 25.3 Å². The van der Waals surface area contributed by atoms with Crippen LogP contribution in [0.5, 0.6) is 5.75 Å². The molecule has 5 heteroatoms. The van der Waals surface area contributed by atoms with Crippen molar-refractivity contribution in [3.05, 3.63) is 72.1 Å². The zero-order chi connectivity index (χ0) is 17.1. The van der Waals surface area contributed by atoms with Crippen LogP contribution in [0.25, 0.3) is 11.5 Å². The molecule has 4 rings (SSSR count). The van der Waals surface area contributed by atoms with Gasteiger partial charge in [0.1, 0.15) is 12.0 Å². The second-order valence-corrected chi connectivity index (χ2v) is 5.97. The van der Waals surface area contributed by atoms with Crippen LogP contribution in [0.1, 0.15) is 11.3 Å². The van der Waals surface area contributed by atoms with Gasteiger partial charge in [0.05, 0.1) is 5.69 Å². The van der Waals surface area contributed by atoms with Crippen LogP contribution in [0.15, 0.2) is 65.3 Å². The molecular weight excluding hydrogens is 316 g/mol. The molecule has 0 fully saturated rings. The summed E-state index contributed by atoms with van der Waals surface area (Å²) in [6.07, 6.45) is 2.41. The van der Waals surface area contributed by atoms with Crippen LogP contribution >= 0.6 is 0 Å². The zero-order valence-electron chi connectivity index (χ0n) is 13.6. The fraction of sp³-hybridized carbons (Fsp3) is 0.200. The van der Waals surface area contributed by atoms with Crippen molar-refractivity contribution in [2.24, 2.45) is 0 Å². The first-order chi connectivity index (χ1) is 12.3. The number of nitrogens with zero attached hydrogens (tertiary/aromatic N) is 1. The van der Waals surface area contributed by atoms with Crippen LogP contribution in [0.3, 0.4) is 0 Å². The van der Waals surface area contributed by atoms with Crippen molar-refractivity contribution in [2.75, 3.05) is 6.54 Å². The normalized spacial score (nSPS) is 15.4. The van der Waals surface area contributed by atoms with E-state index < -0.39 is 6.10 Å². The molecule has 1 aliphatic heterocycles. The number of aromatic nitrogens is 1. The first kappa shape index (κ1) is 15.4. The van der Waals surface area contributed by atoms with Gasteiger partial charge in [-0.05, 0) is 23.8 Å². The number of hydrogen-bond acceptors (Lipinski definition) is 4. The summed E-state index contributed by atoms with van der Waals surface area (Å²) in [4.78, 5) is 16.7. The summed E-state index contributed by atoms with van der Waals surface area (Å²) in [7, 11) is 0. The van der Waals surface area contributed by atoms with E-state index in [0.717, 1.165) is 22.6 Å². The van der Waals surface area contributed by atoms with Crippen molar-refractivity contribution < 1.29 is 13.9 Å². The van der Waals surface area contributed by atoms with Crippen molar-refractivity contribution >= 4 is 5.91 Å². The average Bonchev–Trinajstić information content (AvgIpc) is 3.29. The highest BCUT2D eigenvalue weighted by atomic mass is 16.5. The SMILES string of the molecule is O=C(NCCc1coc(-c2ccccc2)n1)[C@@H]1Cc2ccccc2O1. The quantitative estimate of drug-likeness (QED) is 0.779. The number of hydrogen-bond donors (Lipinski definition) is 1. The fourth-order valence-electron chi connectivity index (χ4n) is 2.89. The summed E-state index contributed by atoms with van der Waals surface area (Å²) in [5, 5.41) is 2.91. The van der Waals surface area contributed by atoms with E-state index in [4.69, 9.17) is 9.15 Å². The van der Waals surface area contributed by atoms with E-state index in [1.54, 1.807) is 6.26 Å². The van der Waals surface area contributed by atoms with E-state index >= 15 is 0 Å². The molecular formula is C20H18N2O3. The van der Waals surface area contributed by atoms with Gasteiger partial charge in [-0.15, -0.1) is 0 Å². The monoisotopic (exact) mass is 334 g/mol. The van der Waals surface area contributed by atoms with Crippen molar-refractivity contribution in [2.45, 2.75) is 18.9 Å². The zero-order valence-corrected chi connectivity index (χ0v) is 13.6. The van der Waals surface area contributed by atoms with Crippen LogP contribution in [0.4, 0.5) is 0 Å². The van der Waals surface area contributed by atoms with Crippen LogP contribution in [-0.4, -0.2) is 23.5 Å². The molecule has 0 saturated carbocycles. The molecule has 5 nitrogen and oxygen atoms in total. The molecule has 25 heavy (non-hydrogen) atoms. The van der Waals surface area contributed by atoms with Crippen molar-refractivity contribution in [1.29, 1.82) is 0 Å². The molecule has 0 bridgehead atoms. The Balaban J connectivity index is 1.29. The highest BCUT2D eigenvalue weighted by molar-refractivity contribution is 5.82. The number of rotatable bonds is 5. The number of oxazole rings is 1. The first-order valence-corrected chi connectivity index (χ1v) is 8.32. The predicted octanol–water partition coefficient (Wildman–Crippen LogP) is 3.00. The van der Waals surface area contributed by atoms with Gasteiger partial charge >= 0.3 is 0 Å². The lowest BCUT2D eigenvalue weighted by molar-refractivity contribution is -0.127. The second kappa shape index (κ2) is 6.81. The second-order valence-electron chi connectivity index (χ2n) is 5.97. The molecule has 0 saturated heterocycles. The van der Waals surface area contributed by atoms with E-state index in [-0.39, 0.29) is 5.91 Å². The fourth-order valence-corrected chi connectivity index (χ4v) is 2.89.